The zero-order chi connectivity index (χ0) is 10.8. The molecular weight excluding hydrogens is 256 g/mol. The van der Waals surface area contributed by atoms with Gasteiger partial charge in [-0.1, -0.05) is 15.9 Å². The molecule has 0 amide bonds. The molecule has 1 aromatic heterocycles. The van der Waals surface area contributed by atoms with E-state index in [2.05, 4.69) is 32.2 Å². The van der Waals surface area contributed by atoms with Gasteiger partial charge in [-0.15, -0.1) is 10.2 Å². The second-order valence-corrected chi connectivity index (χ2v) is 4.17. The molecular formula is C10H11BrN4. The van der Waals surface area contributed by atoms with Crippen LogP contribution in [0.25, 0.3) is 5.69 Å². The lowest BCUT2D eigenvalue weighted by Crippen LogP contribution is -2.07. The molecule has 0 fully saturated rings. The maximum Gasteiger partial charge on any atom is 0.151 e. The van der Waals surface area contributed by atoms with Gasteiger partial charge in [0.1, 0.15) is 6.33 Å². The van der Waals surface area contributed by atoms with Crippen molar-refractivity contribution in [1.82, 2.24) is 14.8 Å². The van der Waals surface area contributed by atoms with Gasteiger partial charge in [-0.3, -0.25) is 4.57 Å². The molecule has 2 rings (SSSR count). The van der Waals surface area contributed by atoms with Crippen molar-refractivity contribution in [1.29, 1.82) is 0 Å². The Morgan fingerprint density at radius 3 is 2.93 bits per heavy atom. The van der Waals surface area contributed by atoms with Crippen LogP contribution in [0.5, 0.6) is 0 Å². The lowest BCUT2D eigenvalue weighted by atomic mass is 10.2. The molecule has 0 spiro atoms. The number of rotatable bonds is 2. The first-order valence-electron chi connectivity index (χ1n) is 4.58. The third-order valence-electron chi connectivity index (χ3n) is 2.22. The Morgan fingerprint density at radius 2 is 2.27 bits per heavy atom. The molecule has 0 unspecified atom stereocenters. The van der Waals surface area contributed by atoms with E-state index < -0.39 is 0 Å². The van der Waals surface area contributed by atoms with Crippen LogP contribution in [0.4, 0.5) is 0 Å². The predicted molar refractivity (Wildman–Crippen MR) is 61.7 cm³/mol. The molecule has 78 valence electrons. The van der Waals surface area contributed by atoms with Gasteiger partial charge in [-0.25, -0.2) is 0 Å². The molecule has 0 aliphatic carbocycles. The zero-order valence-corrected chi connectivity index (χ0v) is 9.90. The molecule has 2 aromatic rings. The van der Waals surface area contributed by atoms with Crippen LogP contribution in [0.15, 0.2) is 29.0 Å². The fraction of sp³-hybridized carbons (Fsp3) is 0.200. The summed E-state index contributed by atoms with van der Waals surface area (Å²) < 4.78 is 2.97. The van der Waals surface area contributed by atoms with E-state index in [1.165, 1.54) is 0 Å². The average molecular weight is 267 g/mol. The SMILES string of the molecule is Cc1cc(Br)ccc1-n1cnnc1CN. The molecule has 0 bridgehead atoms. The predicted octanol–water partition coefficient (Wildman–Crippen LogP) is 1.80. The Bertz CT molecular complexity index is 478. The van der Waals surface area contributed by atoms with Crippen molar-refractivity contribution < 1.29 is 0 Å². The molecule has 0 saturated carbocycles. The van der Waals surface area contributed by atoms with Crippen molar-refractivity contribution in [3.8, 4) is 5.69 Å². The van der Waals surface area contributed by atoms with E-state index in [9.17, 15) is 0 Å². The third kappa shape index (κ3) is 1.93. The quantitative estimate of drug-likeness (QED) is 0.902. The van der Waals surface area contributed by atoms with Gasteiger partial charge in [-0.2, -0.15) is 0 Å². The number of benzene rings is 1. The van der Waals surface area contributed by atoms with Crippen LogP contribution in [-0.2, 0) is 6.54 Å². The van der Waals surface area contributed by atoms with Crippen molar-refractivity contribution >= 4 is 15.9 Å². The fourth-order valence-electron chi connectivity index (χ4n) is 1.49. The van der Waals surface area contributed by atoms with Crippen molar-refractivity contribution in [3.05, 3.63) is 40.4 Å². The molecule has 0 radical (unpaired) electrons. The first-order chi connectivity index (χ1) is 7.22. The van der Waals surface area contributed by atoms with Crippen LogP contribution < -0.4 is 5.73 Å². The largest absolute Gasteiger partial charge is 0.324 e. The van der Waals surface area contributed by atoms with Crippen LogP contribution in [-0.4, -0.2) is 14.8 Å². The lowest BCUT2D eigenvalue weighted by Gasteiger charge is -2.08. The first kappa shape index (κ1) is 10.3. The Morgan fingerprint density at radius 1 is 1.47 bits per heavy atom. The monoisotopic (exact) mass is 266 g/mol. The molecule has 0 aliphatic rings. The summed E-state index contributed by atoms with van der Waals surface area (Å²) in [6.45, 7) is 2.43. The number of hydrogen-bond donors (Lipinski definition) is 1. The molecule has 2 N–H and O–H groups in total. The Balaban J connectivity index is 2.54. The van der Waals surface area contributed by atoms with Crippen molar-refractivity contribution in [2.75, 3.05) is 0 Å². The standard InChI is InChI=1S/C10H11BrN4/c1-7-4-8(11)2-3-9(7)15-6-13-14-10(15)5-12/h2-4,6H,5,12H2,1H3. The maximum atomic E-state index is 5.58. The summed E-state index contributed by atoms with van der Waals surface area (Å²) in [5, 5.41) is 7.80. The minimum absolute atomic E-state index is 0.384. The second-order valence-electron chi connectivity index (χ2n) is 3.25. The van der Waals surface area contributed by atoms with Gasteiger partial charge < -0.3 is 5.73 Å². The lowest BCUT2D eigenvalue weighted by molar-refractivity contribution is 0.856. The molecule has 15 heavy (non-hydrogen) atoms. The van der Waals surface area contributed by atoms with Gasteiger partial charge in [0.2, 0.25) is 0 Å². The van der Waals surface area contributed by atoms with Crippen molar-refractivity contribution in [2.24, 2.45) is 5.73 Å². The summed E-state index contributed by atoms with van der Waals surface area (Å²) in [5.74, 6) is 0.764. The van der Waals surface area contributed by atoms with Gasteiger partial charge in [-0.05, 0) is 30.7 Å². The Kier molecular flexibility index (Phi) is 2.83. The second kappa shape index (κ2) is 4.12. The molecule has 0 atom stereocenters. The highest BCUT2D eigenvalue weighted by Crippen LogP contribution is 2.19. The normalized spacial score (nSPS) is 10.6. The van der Waals surface area contributed by atoms with Crippen molar-refractivity contribution in [2.45, 2.75) is 13.5 Å². The Hall–Kier alpha value is -1.20. The molecule has 1 aromatic carbocycles. The Labute approximate surface area is 96.3 Å². The van der Waals surface area contributed by atoms with E-state index in [4.69, 9.17) is 5.73 Å². The average Bonchev–Trinajstić information content (AvgIpc) is 2.65. The summed E-state index contributed by atoms with van der Waals surface area (Å²) in [5.41, 5.74) is 7.79. The third-order valence-corrected chi connectivity index (χ3v) is 2.71. The summed E-state index contributed by atoms with van der Waals surface area (Å²) in [6, 6.07) is 6.06. The van der Waals surface area contributed by atoms with E-state index in [0.717, 1.165) is 21.5 Å². The zero-order valence-electron chi connectivity index (χ0n) is 8.31. The first-order valence-corrected chi connectivity index (χ1v) is 5.37. The number of nitrogens with two attached hydrogens (primary N) is 1. The maximum absolute atomic E-state index is 5.58. The van der Waals surface area contributed by atoms with Gasteiger partial charge in [0.25, 0.3) is 0 Å². The number of aromatic nitrogens is 3. The molecule has 1 heterocycles. The van der Waals surface area contributed by atoms with Crippen molar-refractivity contribution in [3.63, 3.8) is 0 Å². The highest BCUT2D eigenvalue weighted by atomic mass is 79.9. The highest BCUT2D eigenvalue weighted by Gasteiger charge is 2.06. The molecule has 0 saturated heterocycles. The van der Waals surface area contributed by atoms with E-state index in [-0.39, 0.29) is 0 Å². The molecule has 0 aliphatic heterocycles. The van der Waals surface area contributed by atoms with Crippen LogP contribution in [0.1, 0.15) is 11.4 Å². The van der Waals surface area contributed by atoms with E-state index in [0.29, 0.717) is 6.54 Å². The van der Waals surface area contributed by atoms with Crippen LogP contribution in [0, 0.1) is 6.92 Å². The van der Waals surface area contributed by atoms with E-state index in [1.54, 1.807) is 6.33 Å². The van der Waals surface area contributed by atoms with E-state index >= 15 is 0 Å². The van der Waals surface area contributed by atoms with Gasteiger partial charge in [0.15, 0.2) is 5.82 Å². The number of nitrogens with zero attached hydrogens (tertiary/aromatic N) is 3. The fourth-order valence-corrected chi connectivity index (χ4v) is 1.96. The number of hydrogen-bond acceptors (Lipinski definition) is 3. The van der Waals surface area contributed by atoms with Crippen LogP contribution >= 0.6 is 15.9 Å². The summed E-state index contributed by atoms with van der Waals surface area (Å²) in [6.07, 6.45) is 1.68. The van der Waals surface area contributed by atoms with Crippen LogP contribution in [0.2, 0.25) is 0 Å². The van der Waals surface area contributed by atoms with E-state index in [1.807, 2.05) is 23.6 Å². The summed E-state index contributed by atoms with van der Waals surface area (Å²) >= 11 is 3.43. The molecule has 5 heteroatoms. The summed E-state index contributed by atoms with van der Waals surface area (Å²) in [7, 11) is 0. The van der Waals surface area contributed by atoms with Crippen LogP contribution in [0.3, 0.4) is 0 Å². The number of halogens is 1. The molecule has 4 nitrogen and oxygen atoms in total. The smallest absolute Gasteiger partial charge is 0.151 e. The number of aryl methyl sites for hydroxylation is 1. The minimum Gasteiger partial charge on any atom is -0.324 e. The topological polar surface area (TPSA) is 56.7 Å². The highest BCUT2D eigenvalue weighted by molar-refractivity contribution is 9.10. The van der Waals surface area contributed by atoms with Gasteiger partial charge in [0, 0.05) is 4.47 Å². The van der Waals surface area contributed by atoms with Gasteiger partial charge >= 0.3 is 0 Å². The summed E-state index contributed by atoms with van der Waals surface area (Å²) in [4.78, 5) is 0. The minimum atomic E-state index is 0.384. The van der Waals surface area contributed by atoms with Gasteiger partial charge in [0.05, 0.1) is 12.2 Å².